The van der Waals surface area contributed by atoms with Crippen molar-refractivity contribution >= 4 is 0 Å². The molecule has 0 spiro atoms. The standard InChI is InChI=1S/C30H24F6N4O5/c31-29(32,33)19-5-1-17(2-6-19)25(23-21(13-37-15-39-23)27-41-9-10-42-27)45-26(18-3-7-20(8-4-18)30(34,35)36)24-22(14-38-16-40-24)28-43-11-12-44-28/h1-8,13-16,25-28H,9-12H2. The van der Waals surface area contributed by atoms with Gasteiger partial charge in [0.2, 0.25) is 0 Å². The lowest BCUT2D eigenvalue weighted by molar-refractivity contribution is -0.138. The first-order chi connectivity index (χ1) is 21.6. The Bertz CT molecular complexity index is 1470. The molecular weight excluding hydrogens is 610 g/mol. The molecule has 0 N–H and O–H groups in total. The van der Waals surface area contributed by atoms with Crippen molar-refractivity contribution in [1.29, 1.82) is 0 Å². The second kappa shape index (κ2) is 12.8. The molecule has 0 aliphatic carbocycles. The minimum atomic E-state index is -4.60. The Balaban J connectivity index is 1.50. The number of hydrogen-bond acceptors (Lipinski definition) is 9. The monoisotopic (exact) mass is 634 g/mol. The topological polar surface area (TPSA) is 97.7 Å². The van der Waals surface area contributed by atoms with Gasteiger partial charge >= 0.3 is 12.4 Å². The summed E-state index contributed by atoms with van der Waals surface area (Å²) < 4.78 is 110. The summed E-state index contributed by atoms with van der Waals surface area (Å²) in [5.74, 6) is 0. The van der Waals surface area contributed by atoms with E-state index in [0.717, 1.165) is 24.3 Å². The molecule has 0 radical (unpaired) electrons. The fraction of sp³-hybridized carbons (Fsp3) is 0.333. The Morgan fingerprint density at radius 1 is 0.578 bits per heavy atom. The van der Waals surface area contributed by atoms with Crippen molar-refractivity contribution in [2.75, 3.05) is 26.4 Å². The molecule has 2 unspecified atom stereocenters. The van der Waals surface area contributed by atoms with Gasteiger partial charge in [-0.3, -0.25) is 0 Å². The molecule has 2 saturated heterocycles. The van der Waals surface area contributed by atoms with Gasteiger partial charge in [-0.1, -0.05) is 24.3 Å². The van der Waals surface area contributed by atoms with E-state index in [1.54, 1.807) is 0 Å². The summed E-state index contributed by atoms with van der Waals surface area (Å²) in [6.07, 6.45) is -8.03. The third-order valence-electron chi connectivity index (χ3n) is 7.15. The minimum Gasteiger partial charge on any atom is -0.353 e. The number of rotatable bonds is 8. The molecule has 2 aliphatic rings. The van der Waals surface area contributed by atoms with Gasteiger partial charge in [0.05, 0.1) is 60.1 Å². The van der Waals surface area contributed by atoms with E-state index in [4.69, 9.17) is 23.7 Å². The van der Waals surface area contributed by atoms with Crippen LogP contribution in [-0.4, -0.2) is 46.4 Å². The van der Waals surface area contributed by atoms with Gasteiger partial charge in [0, 0.05) is 12.4 Å². The van der Waals surface area contributed by atoms with E-state index in [0.29, 0.717) is 11.1 Å². The first kappa shape index (κ1) is 31.0. The summed E-state index contributed by atoms with van der Waals surface area (Å²) in [6, 6.07) is 8.56. The van der Waals surface area contributed by atoms with Gasteiger partial charge in [-0.05, 0) is 35.4 Å². The highest BCUT2D eigenvalue weighted by molar-refractivity contribution is 5.37. The van der Waals surface area contributed by atoms with Gasteiger partial charge in [0.1, 0.15) is 24.9 Å². The molecule has 2 aromatic heterocycles. The number of halogens is 6. The van der Waals surface area contributed by atoms with Crippen LogP contribution in [-0.2, 0) is 36.0 Å². The second-order valence-electron chi connectivity index (χ2n) is 10.0. The zero-order valence-corrected chi connectivity index (χ0v) is 23.2. The number of alkyl halides is 6. The molecule has 6 rings (SSSR count). The Kier molecular flexibility index (Phi) is 8.79. The third kappa shape index (κ3) is 6.82. The SMILES string of the molecule is FC(F)(F)c1ccc(C(OC(c2ccc(C(F)(F)F)cc2)c2ncncc2C2OCCO2)c2ncncc2C2OCCO2)cc1. The lowest BCUT2D eigenvalue weighted by Gasteiger charge is -2.29. The minimum absolute atomic E-state index is 0.206. The van der Waals surface area contributed by atoms with Crippen molar-refractivity contribution in [3.8, 4) is 0 Å². The van der Waals surface area contributed by atoms with Gasteiger partial charge in [-0.2, -0.15) is 26.3 Å². The van der Waals surface area contributed by atoms with E-state index in [-0.39, 0.29) is 48.9 Å². The lowest BCUT2D eigenvalue weighted by Crippen LogP contribution is -2.20. The summed E-state index contributed by atoms with van der Waals surface area (Å²) in [5, 5.41) is 0. The molecule has 2 aliphatic heterocycles. The highest BCUT2D eigenvalue weighted by atomic mass is 19.4. The average Bonchev–Trinajstić information content (AvgIpc) is 3.77. The number of hydrogen-bond donors (Lipinski definition) is 0. The van der Waals surface area contributed by atoms with Crippen molar-refractivity contribution < 1.29 is 50.0 Å². The summed E-state index contributed by atoms with van der Waals surface area (Å²) >= 11 is 0. The van der Waals surface area contributed by atoms with Crippen LogP contribution in [0, 0.1) is 0 Å². The van der Waals surface area contributed by atoms with Crippen molar-refractivity contribution in [2.24, 2.45) is 0 Å². The molecule has 4 heterocycles. The second-order valence-corrected chi connectivity index (χ2v) is 10.0. The number of nitrogens with zero attached hydrogens (tertiary/aromatic N) is 4. The first-order valence-corrected chi connectivity index (χ1v) is 13.7. The van der Waals surface area contributed by atoms with E-state index in [9.17, 15) is 26.3 Å². The molecule has 2 atom stereocenters. The average molecular weight is 635 g/mol. The van der Waals surface area contributed by atoms with Gasteiger partial charge in [0.25, 0.3) is 0 Å². The van der Waals surface area contributed by atoms with Gasteiger partial charge in [-0.15, -0.1) is 0 Å². The predicted octanol–water partition coefficient (Wildman–Crippen LogP) is 6.29. The Morgan fingerprint density at radius 2 is 0.933 bits per heavy atom. The van der Waals surface area contributed by atoms with Crippen LogP contribution in [0.15, 0.2) is 73.6 Å². The number of ether oxygens (including phenoxy) is 5. The van der Waals surface area contributed by atoms with Crippen LogP contribution in [0.3, 0.4) is 0 Å². The van der Waals surface area contributed by atoms with E-state index in [2.05, 4.69) is 19.9 Å². The van der Waals surface area contributed by atoms with Crippen LogP contribution in [0.2, 0.25) is 0 Å². The van der Waals surface area contributed by atoms with Crippen LogP contribution >= 0.6 is 0 Å². The molecule has 236 valence electrons. The molecule has 9 nitrogen and oxygen atoms in total. The summed E-state index contributed by atoms with van der Waals surface area (Å²) in [6.45, 7) is 1.13. The molecular formula is C30H24F6N4O5. The molecule has 4 aromatic rings. The molecule has 15 heteroatoms. The maximum absolute atomic E-state index is 13.5. The molecule has 0 saturated carbocycles. The third-order valence-corrected chi connectivity index (χ3v) is 7.15. The Hall–Kier alpha value is -4.02. The largest absolute Gasteiger partial charge is 0.416 e. The zero-order valence-electron chi connectivity index (χ0n) is 23.2. The van der Waals surface area contributed by atoms with Crippen molar-refractivity contribution in [2.45, 2.75) is 37.1 Å². The van der Waals surface area contributed by atoms with E-state index in [1.807, 2.05) is 0 Å². The first-order valence-electron chi connectivity index (χ1n) is 13.7. The maximum atomic E-state index is 13.5. The fourth-order valence-electron chi connectivity index (χ4n) is 5.01. The van der Waals surface area contributed by atoms with Crippen molar-refractivity contribution in [1.82, 2.24) is 19.9 Å². The van der Waals surface area contributed by atoms with Gasteiger partial charge in [-0.25, -0.2) is 19.9 Å². The molecule has 2 fully saturated rings. The number of benzene rings is 2. The smallest absolute Gasteiger partial charge is 0.353 e. The summed E-state index contributed by atoms with van der Waals surface area (Å²) in [4.78, 5) is 17.0. The molecule has 0 bridgehead atoms. The predicted molar refractivity (Wildman–Crippen MR) is 141 cm³/mol. The normalized spacial score (nSPS) is 17.9. The summed E-state index contributed by atoms with van der Waals surface area (Å²) in [7, 11) is 0. The van der Waals surface area contributed by atoms with E-state index < -0.39 is 48.3 Å². The van der Waals surface area contributed by atoms with Crippen LogP contribution in [0.4, 0.5) is 26.3 Å². The molecule has 2 aromatic carbocycles. The Morgan fingerprint density at radius 3 is 1.27 bits per heavy atom. The van der Waals surface area contributed by atoms with Gasteiger partial charge < -0.3 is 23.7 Å². The van der Waals surface area contributed by atoms with Crippen molar-refractivity contribution in [3.05, 3.63) is 118 Å². The van der Waals surface area contributed by atoms with Crippen molar-refractivity contribution in [3.63, 3.8) is 0 Å². The van der Waals surface area contributed by atoms with Crippen LogP contribution in [0.5, 0.6) is 0 Å². The quantitative estimate of drug-likeness (QED) is 0.207. The van der Waals surface area contributed by atoms with Crippen LogP contribution in [0.1, 0.15) is 69.6 Å². The van der Waals surface area contributed by atoms with Crippen LogP contribution < -0.4 is 0 Å². The highest BCUT2D eigenvalue weighted by Crippen LogP contribution is 2.42. The maximum Gasteiger partial charge on any atom is 0.416 e. The molecule has 0 amide bonds. The number of aromatic nitrogens is 4. The fourth-order valence-corrected chi connectivity index (χ4v) is 5.01. The van der Waals surface area contributed by atoms with Gasteiger partial charge in [0.15, 0.2) is 12.6 Å². The van der Waals surface area contributed by atoms with E-state index >= 15 is 0 Å². The molecule has 45 heavy (non-hydrogen) atoms. The Labute approximate surface area is 252 Å². The zero-order chi connectivity index (χ0) is 31.6. The lowest BCUT2D eigenvalue weighted by atomic mass is 9.97. The van der Waals surface area contributed by atoms with E-state index in [1.165, 1.54) is 49.3 Å². The highest BCUT2D eigenvalue weighted by Gasteiger charge is 2.36. The van der Waals surface area contributed by atoms with Crippen LogP contribution in [0.25, 0.3) is 0 Å². The summed E-state index contributed by atoms with van der Waals surface area (Å²) in [5.41, 5.74) is -0.141.